The van der Waals surface area contributed by atoms with E-state index in [2.05, 4.69) is 69.3 Å². The first kappa shape index (κ1) is 15.1. The Morgan fingerprint density at radius 3 is 2.30 bits per heavy atom. The third-order valence-corrected chi connectivity index (χ3v) is 5.06. The van der Waals surface area contributed by atoms with Crippen molar-refractivity contribution in [3.63, 3.8) is 0 Å². The molecule has 1 nitrogen and oxygen atoms in total. The van der Waals surface area contributed by atoms with Crippen LogP contribution < -0.4 is 5.73 Å². The minimum atomic E-state index is 0.0607. The van der Waals surface area contributed by atoms with Crippen molar-refractivity contribution >= 4 is 11.8 Å². The lowest BCUT2D eigenvalue weighted by atomic mass is 10.0. The van der Waals surface area contributed by atoms with Crippen molar-refractivity contribution in [1.82, 2.24) is 0 Å². The van der Waals surface area contributed by atoms with Gasteiger partial charge in [-0.3, -0.25) is 0 Å². The van der Waals surface area contributed by atoms with E-state index in [1.54, 1.807) is 0 Å². The Kier molecular flexibility index (Phi) is 5.27. The zero-order valence-electron chi connectivity index (χ0n) is 12.5. The van der Waals surface area contributed by atoms with Gasteiger partial charge in [0.15, 0.2) is 0 Å². The molecule has 0 aliphatic rings. The maximum Gasteiger partial charge on any atom is 0.0416 e. The van der Waals surface area contributed by atoms with Crippen LogP contribution in [0.3, 0.4) is 0 Å². The number of hydrogen-bond donors (Lipinski definition) is 1. The topological polar surface area (TPSA) is 26.0 Å². The maximum atomic E-state index is 6.41. The lowest BCUT2D eigenvalue weighted by molar-refractivity contribution is 0.714. The summed E-state index contributed by atoms with van der Waals surface area (Å²) < 4.78 is 0. The molecule has 2 atom stereocenters. The van der Waals surface area contributed by atoms with Gasteiger partial charge >= 0.3 is 0 Å². The summed E-state index contributed by atoms with van der Waals surface area (Å²) in [5.74, 6) is 0. The number of aryl methyl sites for hydroxylation is 2. The van der Waals surface area contributed by atoms with E-state index in [0.717, 1.165) is 6.42 Å². The molecule has 2 rings (SSSR count). The number of thioether (sulfide) groups is 1. The fourth-order valence-electron chi connectivity index (χ4n) is 2.21. The van der Waals surface area contributed by atoms with E-state index in [4.69, 9.17) is 5.73 Å². The molecular formula is C18H23NS. The lowest BCUT2D eigenvalue weighted by Crippen LogP contribution is -2.21. The molecule has 0 amide bonds. The smallest absolute Gasteiger partial charge is 0.0416 e. The second-order valence-corrected chi connectivity index (χ2v) is 6.63. The van der Waals surface area contributed by atoms with Gasteiger partial charge in [0.05, 0.1) is 0 Å². The SMILES string of the molecule is CCc1ccc(C(N)C(C)Sc2ccccc2C)cc1. The molecule has 0 radical (unpaired) electrons. The number of rotatable bonds is 5. The van der Waals surface area contributed by atoms with Crippen molar-refractivity contribution in [2.75, 3.05) is 0 Å². The second-order valence-electron chi connectivity index (χ2n) is 5.21. The van der Waals surface area contributed by atoms with Crippen molar-refractivity contribution < 1.29 is 0 Å². The minimum Gasteiger partial charge on any atom is -0.323 e. The maximum absolute atomic E-state index is 6.41. The molecule has 2 heteroatoms. The summed E-state index contributed by atoms with van der Waals surface area (Å²) in [4.78, 5) is 1.32. The molecule has 2 aromatic rings. The molecule has 0 saturated carbocycles. The van der Waals surface area contributed by atoms with Crippen LogP contribution in [0.15, 0.2) is 53.4 Å². The Morgan fingerprint density at radius 1 is 1.05 bits per heavy atom. The average molecular weight is 285 g/mol. The second kappa shape index (κ2) is 6.96. The molecule has 0 saturated heterocycles. The van der Waals surface area contributed by atoms with E-state index in [0.29, 0.717) is 5.25 Å². The van der Waals surface area contributed by atoms with Crippen LogP contribution in [0.1, 0.15) is 36.6 Å². The highest BCUT2D eigenvalue weighted by molar-refractivity contribution is 8.00. The van der Waals surface area contributed by atoms with Crippen molar-refractivity contribution in [3.05, 3.63) is 65.2 Å². The molecule has 0 spiro atoms. The number of nitrogens with two attached hydrogens (primary N) is 1. The summed E-state index contributed by atoms with van der Waals surface area (Å²) in [5.41, 5.74) is 10.3. The standard InChI is InChI=1S/C18H23NS/c1-4-15-9-11-16(12-10-15)18(19)14(3)20-17-8-6-5-7-13(17)2/h5-12,14,18H,4,19H2,1-3H3. The quantitative estimate of drug-likeness (QED) is 0.803. The van der Waals surface area contributed by atoms with Gasteiger partial charge in [0.25, 0.3) is 0 Å². The van der Waals surface area contributed by atoms with Crippen molar-refractivity contribution in [2.24, 2.45) is 5.73 Å². The Hall–Kier alpha value is -1.25. The molecule has 0 aromatic heterocycles. The zero-order chi connectivity index (χ0) is 14.5. The van der Waals surface area contributed by atoms with Crippen LogP contribution >= 0.6 is 11.8 Å². The van der Waals surface area contributed by atoms with Crippen LogP contribution in [0.4, 0.5) is 0 Å². The zero-order valence-corrected chi connectivity index (χ0v) is 13.3. The van der Waals surface area contributed by atoms with Gasteiger partial charge in [-0.1, -0.05) is 56.3 Å². The molecule has 2 N–H and O–H groups in total. The fraction of sp³-hybridized carbons (Fsp3) is 0.333. The van der Waals surface area contributed by atoms with Gasteiger partial charge in [-0.15, -0.1) is 11.8 Å². The summed E-state index contributed by atoms with van der Waals surface area (Å²) in [6, 6.07) is 17.2. The first-order chi connectivity index (χ1) is 9.61. The van der Waals surface area contributed by atoms with E-state index < -0.39 is 0 Å². The predicted octanol–water partition coefficient (Wildman–Crippen LogP) is 4.74. The fourth-order valence-corrected chi connectivity index (χ4v) is 3.32. The highest BCUT2D eigenvalue weighted by Crippen LogP contribution is 2.32. The molecule has 2 aromatic carbocycles. The van der Waals surface area contributed by atoms with Gasteiger partial charge in [0.2, 0.25) is 0 Å². The third kappa shape index (κ3) is 3.65. The van der Waals surface area contributed by atoms with E-state index >= 15 is 0 Å². The van der Waals surface area contributed by atoms with Crippen LogP contribution in [0.25, 0.3) is 0 Å². The summed E-state index contributed by atoms with van der Waals surface area (Å²) in [6.07, 6.45) is 1.07. The van der Waals surface area contributed by atoms with Crippen molar-refractivity contribution in [1.29, 1.82) is 0 Å². The normalized spacial score (nSPS) is 14.0. The van der Waals surface area contributed by atoms with Crippen LogP contribution in [-0.4, -0.2) is 5.25 Å². The van der Waals surface area contributed by atoms with Crippen LogP contribution in [0.2, 0.25) is 0 Å². The van der Waals surface area contributed by atoms with Gasteiger partial charge in [-0.05, 0) is 36.1 Å². The van der Waals surface area contributed by atoms with Crippen molar-refractivity contribution in [3.8, 4) is 0 Å². The van der Waals surface area contributed by atoms with Gasteiger partial charge in [-0.25, -0.2) is 0 Å². The van der Waals surface area contributed by atoms with Gasteiger partial charge in [0.1, 0.15) is 0 Å². The Bertz CT molecular complexity index is 548. The Morgan fingerprint density at radius 2 is 1.70 bits per heavy atom. The first-order valence-electron chi connectivity index (χ1n) is 7.18. The Balaban J connectivity index is 2.08. The molecule has 0 fully saturated rings. The van der Waals surface area contributed by atoms with Gasteiger partial charge in [0, 0.05) is 16.2 Å². The minimum absolute atomic E-state index is 0.0607. The molecule has 0 aliphatic carbocycles. The third-order valence-electron chi connectivity index (χ3n) is 3.69. The van der Waals surface area contributed by atoms with E-state index in [1.165, 1.54) is 21.6 Å². The van der Waals surface area contributed by atoms with E-state index in [1.807, 2.05) is 11.8 Å². The van der Waals surface area contributed by atoms with E-state index in [-0.39, 0.29) is 6.04 Å². The number of hydrogen-bond acceptors (Lipinski definition) is 2. The highest BCUT2D eigenvalue weighted by Gasteiger charge is 2.16. The average Bonchev–Trinajstić information content (AvgIpc) is 2.49. The summed E-state index contributed by atoms with van der Waals surface area (Å²) >= 11 is 1.86. The number of benzene rings is 2. The van der Waals surface area contributed by atoms with Gasteiger partial charge < -0.3 is 5.73 Å². The summed E-state index contributed by atoms with van der Waals surface area (Å²) in [7, 11) is 0. The largest absolute Gasteiger partial charge is 0.323 e. The monoisotopic (exact) mass is 285 g/mol. The molecular weight excluding hydrogens is 262 g/mol. The van der Waals surface area contributed by atoms with Crippen molar-refractivity contribution in [2.45, 2.75) is 43.4 Å². The molecule has 2 unspecified atom stereocenters. The van der Waals surface area contributed by atoms with Crippen LogP contribution in [-0.2, 0) is 6.42 Å². The van der Waals surface area contributed by atoms with Gasteiger partial charge in [-0.2, -0.15) is 0 Å². The highest BCUT2D eigenvalue weighted by atomic mass is 32.2. The Labute approximate surface area is 126 Å². The van der Waals surface area contributed by atoms with E-state index in [9.17, 15) is 0 Å². The molecule has 20 heavy (non-hydrogen) atoms. The first-order valence-corrected chi connectivity index (χ1v) is 8.06. The summed E-state index contributed by atoms with van der Waals surface area (Å²) in [5, 5.41) is 0.351. The summed E-state index contributed by atoms with van der Waals surface area (Å²) in [6.45, 7) is 6.53. The molecule has 0 bridgehead atoms. The molecule has 106 valence electrons. The van der Waals surface area contributed by atoms with Crippen LogP contribution in [0, 0.1) is 6.92 Å². The molecule has 0 heterocycles. The molecule has 0 aliphatic heterocycles. The van der Waals surface area contributed by atoms with Crippen LogP contribution in [0.5, 0.6) is 0 Å². The predicted molar refractivity (Wildman–Crippen MR) is 89.2 cm³/mol. The lowest BCUT2D eigenvalue weighted by Gasteiger charge is -2.21.